The van der Waals surface area contributed by atoms with Gasteiger partial charge in [-0.1, -0.05) is 11.6 Å². The highest BCUT2D eigenvalue weighted by Gasteiger charge is 2.17. The fourth-order valence-electron chi connectivity index (χ4n) is 1.80. The predicted octanol–water partition coefficient (Wildman–Crippen LogP) is 2.94. The van der Waals surface area contributed by atoms with Crippen molar-refractivity contribution in [2.75, 3.05) is 12.4 Å². The van der Waals surface area contributed by atoms with Gasteiger partial charge >= 0.3 is 6.61 Å². The Morgan fingerprint density at radius 2 is 2.14 bits per heavy atom. The van der Waals surface area contributed by atoms with Crippen LogP contribution in [0.15, 0.2) is 24.4 Å². The molecule has 0 spiro atoms. The molecule has 9 heteroatoms. The zero-order valence-electron chi connectivity index (χ0n) is 11.6. The Morgan fingerprint density at radius 1 is 1.41 bits per heavy atom. The number of rotatable bonds is 5. The molecule has 0 saturated carbocycles. The van der Waals surface area contributed by atoms with Crippen LogP contribution >= 0.6 is 11.6 Å². The number of carbonyl (C=O) groups excluding carboxylic acids is 1. The molecular formula is C13H12ClF2N3O3. The summed E-state index contributed by atoms with van der Waals surface area (Å²) in [5.41, 5.74) is 0.509. The second-order valence-electron chi connectivity index (χ2n) is 4.16. The first-order valence-electron chi connectivity index (χ1n) is 6.04. The van der Waals surface area contributed by atoms with Crippen LogP contribution in [0, 0.1) is 0 Å². The topological polar surface area (TPSA) is 65.4 Å². The number of amides is 1. The molecule has 0 aliphatic carbocycles. The molecule has 0 radical (unpaired) electrons. The van der Waals surface area contributed by atoms with Gasteiger partial charge in [0.15, 0.2) is 11.5 Å². The maximum absolute atomic E-state index is 12.3. The highest BCUT2D eigenvalue weighted by Crippen LogP contribution is 2.31. The molecule has 1 heterocycles. The zero-order valence-corrected chi connectivity index (χ0v) is 12.4. The van der Waals surface area contributed by atoms with Crippen molar-refractivity contribution in [3.63, 3.8) is 0 Å². The first-order chi connectivity index (χ1) is 10.4. The lowest BCUT2D eigenvalue weighted by molar-refractivity contribution is -0.0512. The Bertz CT molecular complexity index is 672. The van der Waals surface area contributed by atoms with E-state index in [1.54, 1.807) is 7.05 Å². The summed E-state index contributed by atoms with van der Waals surface area (Å²) >= 11 is 5.88. The summed E-state index contributed by atoms with van der Waals surface area (Å²) in [4.78, 5) is 12.1. The summed E-state index contributed by atoms with van der Waals surface area (Å²) in [5, 5.41) is 6.63. The van der Waals surface area contributed by atoms with E-state index >= 15 is 0 Å². The summed E-state index contributed by atoms with van der Waals surface area (Å²) in [5.74, 6) is -0.558. The van der Waals surface area contributed by atoms with Crippen LogP contribution in [0.3, 0.4) is 0 Å². The van der Waals surface area contributed by atoms with Crippen LogP contribution in [0.4, 0.5) is 14.5 Å². The third kappa shape index (κ3) is 3.45. The molecule has 6 nitrogen and oxygen atoms in total. The lowest BCUT2D eigenvalue weighted by Gasteiger charge is -2.12. The van der Waals surface area contributed by atoms with Gasteiger partial charge in [-0.05, 0) is 12.1 Å². The molecule has 0 unspecified atom stereocenters. The predicted molar refractivity (Wildman–Crippen MR) is 75.8 cm³/mol. The number of halogens is 3. The summed E-state index contributed by atoms with van der Waals surface area (Å²) in [7, 11) is 2.87. The van der Waals surface area contributed by atoms with E-state index in [-0.39, 0.29) is 22.2 Å². The summed E-state index contributed by atoms with van der Waals surface area (Å²) in [6, 6.07) is 4.04. The van der Waals surface area contributed by atoms with E-state index in [9.17, 15) is 13.6 Å². The van der Waals surface area contributed by atoms with E-state index in [4.69, 9.17) is 16.3 Å². The zero-order chi connectivity index (χ0) is 16.3. The molecule has 1 aromatic heterocycles. The van der Waals surface area contributed by atoms with Gasteiger partial charge in [0.05, 0.1) is 18.3 Å². The smallest absolute Gasteiger partial charge is 0.387 e. The number of benzene rings is 1. The van der Waals surface area contributed by atoms with Gasteiger partial charge in [0.1, 0.15) is 5.69 Å². The number of nitrogens with zero attached hydrogens (tertiary/aromatic N) is 2. The molecule has 22 heavy (non-hydrogen) atoms. The van der Waals surface area contributed by atoms with Crippen LogP contribution in [-0.4, -0.2) is 29.4 Å². The van der Waals surface area contributed by atoms with E-state index in [1.807, 2.05) is 0 Å². The third-order valence-corrected chi connectivity index (χ3v) is 3.02. The number of hydrogen-bond donors (Lipinski definition) is 1. The average molecular weight is 332 g/mol. The molecule has 118 valence electrons. The molecule has 0 bridgehead atoms. The Morgan fingerprint density at radius 3 is 2.68 bits per heavy atom. The fraction of sp³-hybridized carbons (Fsp3) is 0.231. The van der Waals surface area contributed by atoms with Crippen molar-refractivity contribution in [3.8, 4) is 11.5 Å². The Labute approximate surface area is 129 Å². The molecular weight excluding hydrogens is 320 g/mol. The van der Waals surface area contributed by atoms with Crippen molar-refractivity contribution in [1.82, 2.24) is 9.78 Å². The quantitative estimate of drug-likeness (QED) is 0.915. The average Bonchev–Trinajstić information content (AvgIpc) is 2.79. The number of carbonyl (C=O) groups is 1. The number of methoxy groups -OCH3 is 1. The molecule has 2 rings (SSSR count). The number of nitrogens with one attached hydrogen (secondary N) is 1. The van der Waals surface area contributed by atoms with Crippen molar-refractivity contribution in [2.45, 2.75) is 6.61 Å². The first-order valence-corrected chi connectivity index (χ1v) is 6.42. The molecule has 2 aromatic rings. The van der Waals surface area contributed by atoms with Crippen molar-refractivity contribution in [2.24, 2.45) is 7.05 Å². The van der Waals surface area contributed by atoms with Gasteiger partial charge in [0.25, 0.3) is 5.91 Å². The van der Waals surface area contributed by atoms with Gasteiger partial charge in [0, 0.05) is 18.8 Å². The maximum Gasteiger partial charge on any atom is 0.387 e. The van der Waals surface area contributed by atoms with Crippen LogP contribution in [0.2, 0.25) is 5.02 Å². The molecule has 0 aliphatic rings. The SMILES string of the molecule is COc1cc(NC(=O)c2c(Cl)cnn2C)ccc1OC(F)F. The molecule has 1 N–H and O–H groups in total. The van der Waals surface area contributed by atoms with Crippen molar-refractivity contribution >= 4 is 23.2 Å². The number of hydrogen-bond acceptors (Lipinski definition) is 4. The second-order valence-corrected chi connectivity index (χ2v) is 4.57. The van der Waals surface area contributed by atoms with E-state index in [2.05, 4.69) is 15.2 Å². The van der Waals surface area contributed by atoms with Crippen molar-refractivity contribution < 1.29 is 23.0 Å². The minimum Gasteiger partial charge on any atom is -0.493 e. The first kappa shape index (κ1) is 16.0. The largest absolute Gasteiger partial charge is 0.493 e. The van der Waals surface area contributed by atoms with Gasteiger partial charge in [-0.3, -0.25) is 9.48 Å². The highest BCUT2D eigenvalue weighted by atomic mass is 35.5. The summed E-state index contributed by atoms with van der Waals surface area (Å²) < 4.78 is 35.1. The number of ether oxygens (including phenoxy) is 2. The third-order valence-electron chi connectivity index (χ3n) is 2.75. The Kier molecular flexibility index (Phi) is 4.81. The molecule has 0 saturated heterocycles. The summed E-state index contributed by atoms with van der Waals surface area (Å²) in [6.45, 7) is -2.97. The number of alkyl halides is 2. The lowest BCUT2D eigenvalue weighted by Crippen LogP contribution is -2.16. The summed E-state index contributed by atoms with van der Waals surface area (Å²) in [6.07, 6.45) is 1.34. The molecule has 0 atom stereocenters. The van der Waals surface area contributed by atoms with Crippen LogP contribution < -0.4 is 14.8 Å². The Hall–Kier alpha value is -2.35. The monoisotopic (exact) mass is 331 g/mol. The van der Waals surface area contributed by atoms with Gasteiger partial charge in [-0.2, -0.15) is 13.9 Å². The van der Waals surface area contributed by atoms with Crippen LogP contribution in [0.25, 0.3) is 0 Å². The van der Waals surface area contributed by atoms with Gasteiger partial charge < -0.3 is 14.8 Å². The molecule has 1 amide bonds. The molecule has 0 aliphatic heterocycles. The number of anilines is 1. The lowest BCUT2D eigenvalue weighted by atomic mass is 10.2. The standard InChI is InChI=1S/C13H12ClF2N3O3/c1-19-11(8(14)6-17-19)12(20)18-7-3-4-9(22-13(15)16)10(5-7)21-2/h3-6,13H,1-2H3,(H,18,20). The minimum atomic E-state index is -2.97. The fourth-order valence-corrected chi connectivity index (χ4v) is 2.05. The minimum absolute atomic E-state index is 0.0641. The van der Waals surface area contributed by atoms with Gasteiger partial charge in [0.2, 0.25) is 0 Å². The van der Waals surface area contributed by atoms with Crippen LogP contribution in [0.1, 0.15) is 10.5 Å². The van der Waals surface area contributed by atoms with Crippen molar-refractivity contribution in [1.29, 1.82) is 0 Å². The second kappa shape index (κ2) is 6.61. The van der Waals surface area contributed by atoms with E-state index in [0.717, 1.165) is 0 Å². The van der Waals surface area contributed by atoms with E-state index in [0.29, 0.717) is 5.69 Å². The normalized spacial score (nSPS) is 10.6. The Balaban J connectivity index is 2.21. The van der Waals surface area contributed by atoms with Crippen LogP contribution in [0.5, 0.6) is 11.5 Å². The van der Waals surface area contributed by atoms with Gasteiger partial charge in [-0.25, -0.2) is 0 Å². The van der Waals surface area contributed by atoms with E-state index < -0.39 is 12.5 Å². The number of aryl methyl sites for hydroxylation is 1. The van der Waals surface area contributed by atoms with E-state index in [1.165, 1.54) is 36.2 Å². The molecule has 1 aromatic carbocycles. The van der Waals surface area contributed by atoms with Gasteiger partial charge in [-0.15, -0.1) is 0 Å². The van der Waals surface area contributed by atoms with Crippen molar-refractivity contribution in [3.05, 3.63) is 35.1 Å². The molecule has 0 fully saturated rings. The van der Waals surface area contributed by atoms with Crippen LogP contribution in [-0.2, 0) is 7.05 Å². The highest BCUT2D eigenvalue weighted by molar-refractivity contribution is 6.34. The maximum atomic E-state index is 12.3. The number of aromatic nitrogens is 2.